The van der Waals surface area contributed by atoms with Crippen LogP contribution in [0, 0.1) is 0 Å². The van der Waals surface area contributed by atoms with Gasteiger partial charge in [0.25, 0.3) is 0 Å². The summed E-state index contributed by atoms with van der Waals surface area (Å²) in [6, 6.07) is 3.47. The first-order chi connectivity index (χ1) is 9.63. The van der Waals surface area contributed by atoms with E-state index in [2.05, 4.69) is 10.1 Å². The number of ether oxygens (including phenoxy) is 1. The Morgan fingerprint density at radius 2 is 2.20 bits per heavy atom. The Bertz CT molecular complexity index is 578. The Balaban J connectivity index is 2.33. The fourth-order valence-corrected chi connectivity index (χ4v) is 1.84. The van der Waals surface area contributed by atoms with Crippen molar-refractivity contribution in [2.75, 3.05) is 27.7 Å². The van der Waals surface area contributed by atoms with Gasteiger partial charge < -0.3 is 9.64 Å². The molecule has 0 bridgehead atoms. The van der Waals surface area contributed by atoms with Crippen molar-refractivity contribution in [3.8, 4) is 5.75 Å². The van der Waals surface area contributed by atoms with Crippen molar-refractivity contribution < 1.29 is 9.53 Å². The standard InChI is InChI=1S/C14H18N4O2/c1-17(2)7-8-18-13(12(20-3)10-16-18)14(19)11-5-4-6-15-9-11/h4-6,9-10H,7-8H2,1-3H3. The molecule has 106 valence electrons. The summed E-state index contributed by atoms with van der Waals surface area (Å²) in [4.78, 5) is 18.6. The zero-order valence-electron chi connectivity index (χ0n) is 11.9. The SMILES string of the molecule is COc1cnn(CCN(C)C)c1C(=O)c1cccnc1. The lowest BCUT2D eigenvalue weighted by molar-refractivity contribution is 0.102. The Kier molecular flexibility index (Phi) is 4.47. The maximum atomic E-state index is 12.6. The van der Waals surface area contributed by atoms with Gasteiger partial charge in [0.1, 0.15) is 0 Å². The van der Waals surface area contributed by atoms with Crippen molar-refractivity contribution in [2.45, 2.75) is 6.54 Å². The molecule has 6 nitrogen and oxygen atoms in total. The minimum Gasteiger partial charge on any atom is -0.493 e. The predicted molar refractivity (Wildman–Crippen MR) is 75.0 cm³/mol. The van der Waals surface area contributed by atoms with Gasteiger partial charge in [0.15, 0.2) is 11.4 Å². The molecule has 0 aliphatic rings. The normalized spacial score (nSPS) is 10.8. The molecule has 0 N–H and O–H groups in total. The molecule has 0 saturated heterocycles. The maximum Gasteiger partial charge on any atom is 0.216 e. The average Bonchev–Trinajstić information content (AvgIpc) is 2.88. The molecule has 0 saturated carbocycles. The Labute approximate surface area is 118 Å². The Morgan fingerprint density at radius 3 is 2.80 bits per heavy atom. The summed E-state index contributed by atoms with van der Waals surface area (Å²) in [6.07, 6.45) is 4.75. The molecular formula is C14H18N4O2. The fraction of sp³-hybridized carbons (Fsp3) is 0.357. The number of aromatic nitrogens is 3. The van der Waals surface area contributed by atoms with E-state index in [9.17, 15) is 4.79 Å². The van der Waals surface area contributed by atoms with Crippen LogP contribution in [0.25, 0.3) is 0 Å². The summed E-state index contributed by atoms with van der Waals surface area (Å²) >= 11 is 0. The summed E-state index contributed by atoms with van der Waals surface area (Å²) < 4.78 is 6.91. The van der Waals surface area contributed by atoms with Gasteiger partial charge in [-0.3, -0.25) is 14.5 Å². The molecule has 2 rings (SSSR count). The van der Waals surface area contributed by atoms with Crippen LogP contribution < -0.4 is 4.74 Å². The van der Waals surface area contributed by atoms with Gasteiger partial charge in [0.05, 0.1) is 19.9 Å². The lowest BCUT2D eigenvalue weighted by atomic mass is 10.1. The average molecular weight is 274 g/mol. The van der Waals surface area contributed by atoms with Crippen LogP contribution in [0.1, 0.15) is 16.1 Å². The first-order valence-corrected chi connectivity index (χ1v) is 6.32. The number of hydrogen-bond acceptors (Lipinski definition) is 5. The van der Waals surface area contributed by atoms with E-state index in [-0.39, 0.29) is 5.78 Å². The van der Waals surface area contributed by atoms with Crippen LogP contribution in [-0.2, 0) is 6.54 Å². The molecule has 0 amide bonds. The topological polar surface area (TPSA) is 60.2 Å². The van der Waals surface area contributed by atoms with Crippen LogP contribution >= 0.6 is 0 Å². The van der Waals surface area contributed by atoms with Gasteiger partial charge in [-0.05, 0) is 26.2 Å². The van der Waals surface area contributed by atoms with Crippen LogP contribution in [0.4, 0.5) is 0 Å². The summed E-state index contributed by atoms with van der Waals surface area (Å²) in [6.45, 7) is 1.41. The summed E-state index contributed by atoms with van der Waals surface area (Å²) in [7, 11) is 5.49. The number of carbonyl (C=O) groups is 1. The predicted octanol–water partition coefficient (Wildman–Crippen LogP) is 1.08. The van der Waals surface area contributed by atoms with Crippen molar-refractivity contribution in [2.24, 2.45) is 0 Å². The molecule has 2 aromatic heterocycles. The van der Waals surface area contributed by atoms with Gasteiger partial charge in [-0.2, -0.15) is 5.10 Å². The van der Waals surface area contributed by atoms with Gasteiger partial charge in [-0.15, -0.1) is 0 Å². The molecule has 0 radical (unpaired) electrons. The molecule has 0 atom stereocenters. The molecule has 0 aliphatic carbocycles. The van der Waals surface area contributed by atoms with Crippen LogP contribution in [0.15, 0.2) is 30.7 Å². The molecule has 0 aromatic carbocycles. The lowest BCUT2D eigenvalue weighted by Gasteiger charge is -2.12. The number of rotatable bonds is 6. The number of carbonyl (C=O) groups excluding carboxylic acids is 1. The highest BCUT2D eigenvalue weighted by molar-refractivity contribution is 6.09. The zero-order valence-corrected chi connectivity index (χ0v) is 11.9. The summed E-state index contributed by atoms with van der Waals surface area (Å²) in [5.74, 6) is 0.351. The molecule has 2 aromatic rings. The molecule has 0 fully saturated rings. The molecule has 0 spiro atoms. The molecule has 0 aliphatic heterocycles. The smallest absolute Gasteiger partial charge is 0.216 e. The number of ketones is 1. The van der Waals surface area contributed by atoms with E-state index in [1.807, 2.05) is 19.0 Å². The number of likely N-dealkylation sites (N-methyl/N-ethyl adjacent to an activating group) is 1. The quantitative estimate of drug-likeness (QED) is 0.738. The highest BCUT2D eigenvalue weighted by atomic mass is 16.5. The van der Waals surface area contributed by atoms with Gasteiger partial charge in [0, 0.05) is 24.5 Å². The lowest BCUT2D eigenvalue weighted by Crippen LogP contribution is -2.22. The van der Waals surface area contributed by atoms with E-state index in [0.29, 0.717) is 23.6 Å². The first-order valence-electron chi connectivity index (χ1n) is 6.32. The Morgan fingerprint density at radius 1 is 1.40 bits per heavy atom. The first kappa shape index (κ1) is 14.2. The number of methoxy groups -OCH3 is 1. The number of pyridine rings is 1. The Hall–Kier alpha value is -2.21. The van der Waals surface area contributed by atoms with Crippen LogP contribution in [0.3, 0.4) is 0 Å². The largest absolute Gasteiger partial charge is 0.493 e. The molecule has 6 heteroatoms. The third-order valence-electron chi connectivity index (χ3n) is 2.92. The van der Waals surface area contributed by atoms with E-state index in [0.717, 1.165) is 6.54 Å². The van der Waals surface area contributed by atoms with Crippen LogP contribution in [0.2, 0.25) is 0 Å². The third-order valence-corrected chi connectivity index (χ3v) is 2.92. The van der Waals surface area contributed by atoms with Crippen molar-refractivity contribution in [1.82, 2.24) is 19.7 Å². The van der Waals surface area contributed by atoms with Gasteiger partial charge >= 0.3 is 0 Å². The van der Waals surface area contributed by atoms with E-state index in [1.165, 1.54) is 7.11 Å². The number of hydrogen-bond donors (Lipinski definition) is 0. The van der Waals surface area contributed by atoms with E-state index in [1.54, 1.807) is 35.4 Å². The van der Waals surface area contributed by atoms with Crippen molar-refractivity contribution in [3.05, 3.63) is 42.0 Å². The molecule has 2 heterocycles. The fourth-order valence-electron chi connectivity index (χ4n) is 1.84. The van der Waals surface area contributed by atoms with Gasteiger partial charge in [-0.25, -0.2) is 0 Å². The second-order valence-corrected chi connectivity index (χ2v) is 4.66. The summed E-state index contributed by atoms with van der Waals surface area (Å²) in [5.41, 5.74) is 0.986. The maximum absolute atomic E-state index is 12.6. The van der Waals surface area contributed by atoms with Crippen molar-refractivity contribution in [3.63, 3.8) is 0 Å². The van der Waals surface area contributed by atoms with E-state index >= 15 is 0 Å². The second kappa shape index (κ2) is 6.29. The molecule has 20 heavy (non-hydrogen) atoms. The molecule has 0 unspecified atom stereocenters. The third kappa shape index (κ3) is 3.03. The monoisotopic (exact) mass is 274 g/mol. The van der Waals surface area contributed by atoms with Crippen LogP contribution in [0.5, 0.6) is 5.75 Å². The minimum atomic E-state index is -0.133. The van der Waals surface area contributed by atoms with Crippen molar-refractivity contribution >= 4 is 5.78 Å². The van der Waals surface area contributed by atoms with Gasteiger partial charge in [-0.1, -0.05) is 0 Å². The van der Waals surface area contributed by atoms with Crippen molar-refractivity contribution in [1.29, 1.82) is 0 Å². The summed E-state index contributed by atoms with van der Waals surface area (Å²) in [5, 5.41) is 4.23. The highest BCUT2D eigenvalue weighted by Gasteiger charge is 2.21. The van der Waals surface area contributed by atoms with E-state index < -0.39 is 0 Å². The highest BCUT2D eigenvalue weighted by Crippen LogP contribution is 2.21. The second-order valence-electron chi connectivity index (χ2n) is 4.66. The zero-order chi connectivity index (χ0) is 14.5. The molecular weight excluding hydrogens is 256 g/mol. The van der Waals surface area contributed by atoms with Gasteiger partial charge in [0.2, 0.25) is 5.78 Å². The van der Waals surface area contributed by atoms with E-state index in [4.69, 9.17) is 4.74 Å². The minimum absolute atomic E-state index is 0.133. The van der Waals surface area contributed by atoms with Crippen LogP contribution in [-0.4, -0.2) is 53.2 Å². The number of nitrogens with zero attached hydrogens (tertiary/aromatic N) is 4.